The molecule has 19 heavy (non-hydrogen) atoms. The molecule has 0 saturated heterocycles. The molecule has 0 atom stereocenters. The molecule has 2 aromatic carbocycles. The molecule has 0 aromatic heterocycles. The van der Waals surface area contributed by atoms with Gasteiger partial charge in [-0.25, -0.2) is 4.79 Å². The van der Waals surface area contributed by atoms with Crippen molar-refractivity contribution in [3.8, 4) is 0 Å². The van der Waals surface area contributed by atoms with Crippen molar-refractivity contribution in [2.24, 2.45) is 0 Å². The van der Waals surface area contributed by atoms with Gasteiger partial charge in [0, 0.05) is 11.4 Å². The Labute approximate surface area is 113 Å². The molecule has 0 fully saturated rings. The smallest absolute Gasteiger partial charge is 0.308 e. The lowest BCUT2D eigenvalue weighted by Gasteiger charge is -2.10. The quantitative estimate of drug-likeness (QED) is 0.846. The third kappa shape index (κ3) is 3.58. The standard InChI is InChI=1S/C16H18N2O/c1-3-13-8-10-14(11-9-13)17-16(19)18-15-7-5-4-6-12(15)2/h4-11H,3H2,1-2H3,(H2,17,18,19). The molecule has 2 aromatic rings. The molecule has 0 heterocycles. The van der Waals surface area contributed by atoms with Crippen LogP contribution in [-0.2, 0) is 6.42 Å². The Balaban J connectivity index is 1.99. The molecule has 3 heteroatoms. The van der Waals surface area contributed by atoms with Crippen LogP contribution in [0, 0.1) is 6.92 Å². The molecular formula is C16H18N2O. The maximum atomic E-state index is 11.9. The fourth-order valence-electron chi connectivity index (χ4n) is 1.82. The lowest BCUT2D eigenvalue weighted by Crippen LogP contribution is -2.19. The first-order valence-electron chi connectivity index (χ1n) is 6.41. The number of carbonyl (C=O) groups excluding carboxylic acids is 1. The maximum absolute atomic E-state index is 11.9. The van der Waals surface area contributed by atoms with Crippen molar-refractivity contribution in [2.75, 3.05) is 10.6 Å². The van der Waals surface area contributed by atoms with Gasteiger partial charge in [0.05, 0.1) is 0 Å². The number of benzene rings is 2. The van der Waals surface area contributed by atoms with Crippen molar-refractivity contribution in [3.05, 3.63) is 59.7 Å². The predicted molar refractivity (Wildman–Crippen MR) is 79.6 cm³/mol. The van der Waals surface area contributed by atoms with E-state index in [0.29, 0.717) is 0 Å². The van der Waals surface area contributed by atoms with Gasteiger partial charge in [-0.1, -0.05) is 37.3 Å². The third-order valence-electron chi connectivity index (χ3n) is 3.01. The fraction of sp³-hybridized carbons (Fsp3) is 0.188. The summed E-state index contributed by atoms with van der Waals surface area (Å²) < 4.78 is 0. The van der Waals surface area contributed by atoms with Gasteiger partial charge in [-0.15, -0.1) is 0 Å². The molecule has 0 aliphatic rings. The number of rotatable bonds is 3. The number of amides is 2. The Morgan fingerprint density at radius 1 is 1.00 bits per heavy atom. The van der Waals surface area contributed by atoms with Gasteiger partial charge in [0.2, 0.25) is 0 Å². The highest BCUT2D eigenvalue weighted by atomic mass is 16.2. The minimum Gasteiger partial charge on any atom is -0.308 e. The molecule has 0 spiro atoms. The zero-order valence-electron chi connectivity index (χ0n) is 11.2. The Morgan fingerprint density at radius 2 is 1.68 bits per heavy atom. The molecule has 3 nitrogen and oxygen atoms in total. The number of anilines is 2. The SMILES string of the molecule is CCc1ccc(NC(=O)Nc2ccccc2C)cc1. The van der Waals surface area contributed by atoms with Crippen LogP contribution in [0.3, 0.4) is 0 Å². The third-order valence-corrected chi connectivity index (χ3v) is 3.01. The average molecular weight is 254 g/mol. The monoisotopic (exact) mass is 254 g/mol. The first kappa shape index (κ1) is 13.1. The van der Waals surface area contributed by atoms with Crippen molar-refractivity contribution in [3.63, 3.8) is 0 Å². The van der Waals surface area contributed by atoms with Gasteiger partial charge in [-0.2, -0.15) is 0 Å². The normalized spacial score (nSPS) is 10.0. The van der Waals surface area contributed by atoms with E-state index >= 15 is 0 Å². The van der Waals surface area contributed by atoms with Crippen LogP contribution in [0.15, 0.2) is 48.5 Å². The van der Waals surface area contributed by atoms with Crippen molar-refractivity contribution < 1.29 is 4.79 Å². The van der Waals surface area contributed by atoms with E-state index in [-0.39, 0.29) is 6.03 Å². The molecule has 0 unspecified atom stereocenters. The summed E-state index contributed by atoms with van der Waals surface area (Å²) in [7, 11) is 0. The predicted octanol–water partition coefficient (Wildman–Crippen LogP) is 4.20. The molecule has 2 rings (SSSR count). The second-order valence-corrected chi connectivity index (χ2v) is 4.44. The number of para-hydroxylation sites is 1. The zero-order valence-corrected chi connectivity index (χ0v) is 11.2. The minimum atomic E-state index is -0.224. The van der Waals surface area contributed by atoms with E-state index in [1.54, 1.807) is 0 Å². The molecule has 2 amide bonds. The average Bonchev–Trinajstić information content (AvgIpc) is 2.42. The number of nitrogens with one attached hydrogen (secondary N) is 2. The highest BCUT2D eigenvalue weighted by Crippen LogP contribution is 2.14. The van der Waals surface area contributed by atoms with E-state index in [1.165, 1.54) is 5.56 Å². The van der Waals surface area contributed by atoms with Crippen LogP contribution in [0.1, 0.15) is 18.1 Å². The number of aryl methyl sites for hydroxylation is 2. The molecule has 0 bridgehead atoms. The highest BCUT2D eigenvalue weighted by molar-refractivity contribution is 6.00. The molecule has 0 saturated carbocycles. The molecule has 98 valence electrons. The molecule has 2 N–H and O–H groups in total. The van der Waals surface area contributed by atoms with Crippen molar-refractivity contribution in [2.45, 2.75) is 20.3 Å². The number of hydrogen-bond acceptors (Lipinski definition) is 1. The Morgan fingerprint density at radius 3 is 2.32 bits per heavy atom. The van der Waals surface area contributed by atoms with Gasteiger partial charge in [-0.3, -0.25) is 0 Å². The second-order valence-electron chi connectivity index (χ2n) is 4.44. The van der Waals surface area contributed by atoms with Crippen molar-refractivity contribution in [1.82, 2.24) is 0 Å². The van der Waals surface area contributed by atoms with Crippen LogP contribution < -0.4 is 10.6 Å². The summed E-state index contributed by atoms with van der Waals surface area (Å²) >= 11 is 0. The van der Waals surface area contributed by atoms with E-state index in [4.69, 9.17) is 0 Å². The largest absolute Gasteiger partial charge is 0.323 e. The number of hydrogen-bond donors (Lipinski definition) is 2. The summed E-state index contributed by atoms with van der Waals surface area (Å²) in [6, 6.07) is 15.3. The Kier molecular flexibility index (Phi) is 4.18. The van der Waals surface area contributed by atoms with Crippen molar-refractivity contribution in [1.29, 1.82) is 0 Å². The van der Waals surface area contributed by atoms with Gasteiger partial charge in [-0.05, 0) is 42.7 Å². The Bertz CT molecular complexity index is 561. The zero-order chi connectivity index (χ0) is 13.7. The molecule has 0 aliphatic heterocycles. The van der Waals surface area contributed by atoms with Crippen LogP contribution >= 0.6 is 0 Å². The summed E-state index contributed by atoms with van der Waals surface area (Å²) in [5.41, 5.74) is 3.91. The second kappa shape index (κ2) is 6.05. The van der Waals surface area contributed by atoms with Crippen LogP contribution in [0.4, 0.5) is 16.2 Å². The summed E-state index contributed by atoms with van der Waals surface area (Å²) in [4.78, 5) is 11.9. The van der Waals surface area contributed by atoms with Crippen LogP contribution in [0.5, 0.6) is 0 Å². The lowest BCUT2D eigenvalue weighted by atomic mass is 10.1. The summed E-state index contributed by atoms with van der Waals surface area (Å²) in [6.07, 6.45) is 0.996. The van der Waals surface area contributed by atoms with Crippen LogP contribution in [0.25, 0.3) is 0 Å². The summed E-state index contributed by atoms with van der Waals surface area (Å²) in [5, 5.41) is 5.66. The van der Waals surface area contributed by atoms with E-state index in [1.807, 2.05) is 55.5 Å². The van der Waals surface area contributed by atoms with E-state index < -0.39 is 0 Å². The number of carbonyl (C=O) groups is 1. The minimum absolute atomic E-state index is 0.224. The van der Waals surface area contributed by atoms with E-state index in [9.17, 15) is 4.79 Å². The first-order valence-corrected chi connectivity index (χ1v) is 6.41. The van der Waals surface area contributed by atoms with Gasteiger partial charge in [0.1, 0.15) is 0 Å². The van der Waals surface area contributed by atoms with Gasteiger partial charge in [0.25, 0.3) is 0 Å². The maximum Gasteiger partial charge on any atom is 0.323 e. The summed E-state index contributed by atoms with van der Waals surface area (Å²) in [6.45, 7) is 4.07. The molecule has 0 radical (unpaired) electrons. The Hall–Kier alpha value is -2.29. The van der Waals surface area contributed by atoms with Crippen LogP contribution in [0.2, 0.25) is 0 Å². The molecule has 0 aliphatic carbocycles. The number of urea groups is 1. The molecular weight excluding hydrogens is 236 g/mol. The fourth-order valence-corrected chi connectivity index (χ4v) is 1.82. The lowest BCUT2D eigenvalue weighted by molar-refractivity contribution is 0.262. The summed E-state index contributed by atoms with van der Waals surface area (Å²) in [5.74, 6) is 0. The van der Waals surface area contributed by atoms with E-state index in [0.717, 1.165) is 23.4 Å². The highest BCUT2D eigenvalue weighted by Gasteiger charge is 2.04. The van der Waals surface area contributed by atoms with E-state index in [2.05, 4.69) is 17.6 Å². The van der Waals surface area contributed by atoms with Crippen LogP contribution in [-0.4, -0.2) is 6.03 Å². The van der Waals surface area contributed by atoms with Gasteiger partial charge in [0.15, 0.2) is 0 Å². The van der Waals surface area contributed by atoms with Crippen molar-refractivity contribution >= 4 is 17.4 Å². The van der Waals surface area contributed by atoms with Gasteiger partial charge < -0.3 is 10.6 Å². The first-order chi connectivity index (χ1) is 9.19. The van der Waals surface area contributed by atoms with Gasteiger partial charge >= 0.3 is 6.03 Å². The topological polar surface area (TPSA) is 41.1 Å².